The molecule has 0 saturated heterocycles. The third-order valence-corrected chi connectivity index (χ3v) is 5.08. The summed E-state index contributed by atoms with van der Waals surface area (Å²) in [6.45, 7) is 1.10. The van der Waals surface area contributed by atoms with Gasteiger partial charge in [-0.15, -0.1) is 0 Å². The van der Waals surface area contributed by atoms with Crippen LogP contribution in [0.15, 0.2) is 75.7 Å². The van der Waals surface area contributed by atoms with Gasteiger partial charge in [-0.1, -0.05) is 61.7 Å². The highest BCUT2D eigenvalue weighted by Crippen LogP contribution is 2.26. The Labute approximate surface area is 169 Å². The van der Waals surface area contributed by atoms with E-state index in [9.17, 15) is 0 Å². The van der Waals surface area contributed by atoms with E-state index in [0.717, 1.165) is 31.5 Å². The zero-order valence-electron chi connectivity index (χ0n) is 13.3. The van der Waals surface area contributed by atoms with Crippen molar-refractivity contribution in [3.63, 3.8) is 0 Å². The molecule has 3 rings (SSSR count). The second kappa shape index (κ2) is 8.75. The van der Waals surface area contributed by atoms with Crippen LogP contribution in [0.1, 0.15) is 11.1 Å². The van der Waals surface area contributed by atoms with Crippen molar-refractivity contribution in [3.8, 4) is 5.75 Å². The molecule has 0 unspecified atom stereocenters. The van der Waals surface area contributed by atoms with Gasteiger partial charge < -0.3 is 10.1 Å². The van der Waals surface area contributed by atoms with Crippen molar-refractivity contribution in [2.45, 2.75) is 13.2 Å². The first kappa shape index (κ1) is 18.3. The topological polar surface area (TPSA) is 21.3 Å². The monoisotopic (exact) mass is 479 g/mol. The van der Waals surface area contributed by atoms with Gasteiger partial charge in [-0.25, -0.2) is 0 Å². The van der Waals surface area contributed by atoms with Gasteiger partial charge in [0.25, 0.3) is 0 Å². The molecular formula is C20H16Br2ClNO. The SMILES string of the molecule is Clc1ccccc1COc1ccc(Br)cc1CNc1ccc(Br)cc1. The fourth-order valence-electron chi connectivity index (χ4n) is 2.36. The van der Waals surface area contributed by atoms with Gasteiger partial charge in [0.2, 0.25) is 0 Å². The summed E-state index contributed by atoms with van der Waals surface area (Å²) in [7, 11) is 0. The maximum Gasteiger partial charge on any atom is 0.124 e. The van der Waals surface area contributed by atoms with Gasteiger partial charge in [-0.05, 0) is 48.5 Å². The molecular weight excluding hydrogens is 465 g/mol. The zero-order valence-corrected chi connectivity index (χ0v) is 17.2. The first-order valence-corrected chi connectivity index (χ1v) is 9.72. The average molecular weight is 482 g/mol. The molecule has 2 nitrogen and oxygen atoms in total. The summed E-state index contributed by atoms with van der Waals surface area (Å²) in [5.41, 5.74) is 3.10. The molecule has 25 heavy (non-hydrogen) atoms. The Hall–Kier alpha value is -1.49. The summed E-state index contributed by atoms with van der Waals surface area (Å²) in [6, 6.07) is 21.8. The average Bonchev–Trinajstić information content (AvgIpc) is 2.62. The fraction of sp³-hybridized carbons (Fsp3) is 0.100. The van der Waals surface area contributed by atoms with Gasteiger partial charge in [0.1, 0.15) is 12.4 Å². The van der Waals surface area contributed by atoms with Crippen LogP contribution in [0.2, 0.25) is 5.02 Å². The molecule has 0 aliphatic carbocycles. The summed E-state index contributed by atoms with van der Waals surface area (Å²) in [5.74, 6) is 0.840. The van der Waals surface area contributed by atoms with E-state index in [1.165, 1.54) is 0 Å². The minimum absolute atomic E-state index is 0.437. The van der Waals surface area contributed by atoms with E-state index in [4.69, 9.17) is 16.3 Å². The molecule has 5 heteroatoms. The van der Waals surface area contributed by atoms with Crippen LogP contribution in [0.3, 0.4) is 0 Å². The normalized spacial score (nSPS) is 10.5. The number of benzene rings is 3. The highest BCUT2D eigenvalue weighted by Gasteiger charge is 2.07. The van der Waals surface area contributed by atoms with Crippen LogP contribution in [0.4, 0.5) is 5.69 Å². The van der Waals surface area contributed by atoms with Crippen LogP contribution in [-0.2, 0) is 13.2 Å². The molecule has 3 aromatic rings. The van der Waals surface area contributed by atoms with Gasteiger partial charge in [-0.2, -0.15) is 0 Å². The van der Waals surface area contributed by atoms with Crippen LogP contribution in [0.5, 0.6) is 5.75 Å². The van der Waals surface area contributed by atoms with Crippen molar-refractivity contribution in [1.82, 2.24) is 0 Å². The molecule has 0 radical (unpaired) electrons. The Morgan fingerprint density at radius 2 is 1.56 bits per heavy atom. The first-order chi connectivity index (χ1) is 12.1. The Balaban J connectivity index is 1.71. The fourth-order valence-corrected chi connectivity index (χ4v) is 3.23. The molecule has 0 atom stereocenters. The number of rotatable bonds is 6. The molecule has 128 valence electrons. The number of hydrogen-bond donors (Lipinski definition) is 1. The van der Waals surface area contributed by atoms with Crippen molar-refractivity contribution in [2.75, 3.05) is 5.32 Å². The summed E-state index contributed by atoms with van der Waals surface area (Å²) < 4.78 is 8.09. The summed E-state index contributed by atoms with van der Waals surface area (Å²) in [4.78, 5) is 0. The predicted octanol–water partition coefficient (Wildman–Crippen LogP) is 7.06. The second-order valence-electron chi connectivity index (χ2n) is 5.49. The van der Waals surface area contributed by atoms with Gasteiger partial charge in [0, 0.05) is 37.3 Å². The Kier molecular flexibility index (Phi) is 6.40. The lowest BCUT2D eigenvalue weighted by molar-refractivity contribution is 0.303. The highest BCUT2D eigenvalue weighted by atomic mass is 79.9. The molecule has 0 fully saturated rings. The van der Waals surface area contributed by atoms with Crippen molar-refractivity contribution < 1.29 is 4.74 Å². The highest BCUT2D eigenvalue weighted by molar-refractivity contribution is 9.10. The van der Waals surface area contributed by atoms with Crippen molar-refractivity contribution in [1.29, 1.82) is 0 Å². The van der Waals surface area contributed by atoms with E-state index < -0.39 is 0 Å². The molecule has 0 aliphatic rings. The van der Waals surface area contributed by atoms with Gasteiger partial charge in [-0.3, -0.25) is 0 Å². The molecule has 0 heterocycles. The van der Waals surface area contributed by atoms with Gasteiger partial charge >= 0.3 is 0 Å². The Bertz CT molecular complexity index is 853. The third kappa shape index (κ3) is 5.24. The molecule has 0 aromatic heterocycles. The number of halogens is 3. The smallest absolute Gasteiger partial charge is 0.124 e. The molecule has 0 amide bonds. The van der Waals surface area contributed by atoms with Crippen molar-refractivity contribution in [2.24, 2.45) is 0 Å². The minimum atomic E-state index is 0.437. The van der Waals surface area contributed by atoms with E-state index in [1.807, 2.05) is 60.7 Å². The standard InChI is InChI=1S/C20H16Br2ClNO/c21-16-5-8-18(9-6-16)24-12-15-11-17(22)7-10-20(15)25-13-14-3-1-2-4-19(14)23/h1-11,24H,12-13H2. The number of ether oxygens (including phenoxy) is 1. The molecule has 0 spiro atoms. The quantitative estimate of drug-likeness (QED) is 0.407. The number of anilines is 1. The lowest BCUT2D eigenvalue weighted by Gasteiger charge is -2.14. The van der Waals surface area contributed by atoms with Crippen LogP contribution in [0, 0.1) is 0 Å². The molecule has 0 bridgehead atoms. The lowest BCUT2D eigenvalue weighted by Crippen LogP contribution is -2.04. The van der Waals surface area contributed by atoms with E-state index in [1.54, 1.807) is 0 Å². The van der Waals surface area contributed by atoms with E-state index in [-0.39, 0.29) is 0 Å². The number of hydrogen-bond acceptors (Lipinski definition) is 2. The zero-order chi connectivity index (χ0) is 17.6. The van der Waals surface area contributed by atoms with Gasteiger partial charge in [0.05, 0.1) is 0 Å². The van der Waals surface area contributed by atoms with Crippen LogP contribution >= 0.6 is 43.5 Å². The number of nitrogens with one attached hydrogen (secondary N) is 1. The van der Waals surface area contributed by atoms with Crippen molar-refractivity contribution in [3.05, 3.63) is 91.8 Å². The molecule has 1 N–H and O–H groups in total. The minimum Gasteiger partial charge on any atom is -0.488 e. The van der Waals surface area contributed by atoms with E-state index in [2.05, 4.69) is 43.2 Å². The first-order valence-electron chi connectivity index (χ1n) is 7.76. The molecule has 0 aliphatic heterocycles. The predicted molar refractivity (Wildman–Crippen MR) is 111 cm³/mol. The maximum atomic E-state index is 6.21. The summed E-state index contributed by atoms with van der Waals surface area (Å²) >= 11 is 13.2. The van der Waals surface area contributed by atoms with Crippen LogP contribution < -0.4 is 10.1 Å². The van der Waals surface area contributed by atoms with Crippen molar-refractivity contribution >= 4 is 49.1 Å². The molecule has 0 saturated carbocycles. The maximum absolute atomic E-state index is 6.21. The second-order valence-corrected chi connectivity index (χ2v) is 7.73. The third-order valence-electron chi connectivity index (χ3n) is 3.69. The lowest BCUT2D eigenvalue weighted by atomic mass is 10.2. The van der Waals surface area contributed by atoms with E-state index >= 15 is 0 Å². The largest absolute Gasteiger partial charge is 0.488 e. The van der Waals surface area contributed by atoms with Crippen LogP contribution in [0.25, 0.3) is 0 Å². The Morgan fingerprint density at radius 1 is 0.840 bits per heavy atom. The molecule has 3 aromatic carbocycles. The van der Waals surface area contributed by atoms with Crippen LogP contribution in [-0.4, -0.2) is 0 Å². The van der Waals surface area contributed by atoms with Gasteiger partial charge in [0.15, 0.2) is 0 Å². The summed E-state index contributed by atoms with van der Waals surface area (Å²) in [5, 5.41) is 4.13. The summed E-state index contributed by atoms with van der Waals surface area (Å²) in [6.07, 6.45) is 0. The Morgan fingerprint density at radius 3 is 2.32 bits per heavy atom. The van der Waals surface area contributed by atoms with E-state index in [0.29, 0.717) is 18.2 Å².